The molecule has 0 aromatic heterocycles. The molecule has 0 saturated carbocycles. The second-order valence-corrected chi connectivity index (χ2v) is 6.03. The van der Waals surface area contributed by atoms with Crippen LogP contribution in [0.15, 0.2) is 0 Å². The van der Waals surface area contributed by atoms with Crippen LogP contribution >= 0.6 is 0 Å². The number of likely N-dealkylation sites (tertiary alicyclic amines) is 1. The maximum Gasteiger partial charge on any atom is 0.105 e. The summed E-state index contributed by atoms with van der Waals surface area (Å²) in [5.41, 5.74) is -0.408. The third-order valence-corrected chi connectivity index (χ3v) is 4.06. The molecule has 0 spiro atoms. The van der Waals surface area contributed by atoms with Crippen LogP contribution in [0.3, 0.4) is 0 Å². The Labute approximate surface area is 118 Å². The lowest BCUT2D eigenvalue weighted by Crippen LogP contribution is -2.47. The molecule has 0 aromatic carbocycles. The van der Waals surface area contributed by atoms with E-state index < -0.39 is 5.54 Å². The molecule has 4 nitrogen and oxygen atoms in total. The quantitative estimate of drug-likeness (QED) is 0.731. The number of hydrogen-bond donors (Lipinski definition) is 1. The number of nitrogens with one attached hydrogen (secondary N) is 1. The first-order chi connectivity index (χ1) is 9.04. The molecule has 1 rings (SSSR count). The smallest absolute Gasteiger partial charge is 0.105 e. The van der Waals surface area contributed by atoms with E-state index in [2.05, 4.69) is 30.1 Å². The summed E-state index contributed by atoms with van der Waals surface area (Å²) in [6.07, 6.45) is 3.15. The van der Waals surface area contributed by atoms with Crippen molar-refractivity contribution in [3.05, 3.63) is 0 Å². The van der Waals surface area contributed by atoms with E-state index in [0.29, 0.717) is 12.0 Å². The minimum absolute atomic E-state index is 0.408. The fourth-order valence-corrected chi connectivity index (χ4v) is 2.91. The van der Waals surface area contributed by atoms with Crippen LogP contribution in [-0.4, -0.2) is 49.8 Å². The van der Waals surface area contributed by atoms with Crippen molar-refractivity contribution in [2.75, 3.05) is 33.4 Å². The van der Waals surface area contributed by atoms with E-state index in [-0.39, 0.29) is 0 Å². The molecule has 0 aliphatic carbocycles. The number of nitrogens with zero attached hydrogens (tertiary/aromatic N) is 2. The largest absolute Gasteiger partial charge is 0.384 e. The first kappa shape index (κ1) is 16.4. The van der Waals surface area contributed by atoms with Crippen LogP contribution in [0.25, 0.3) is 0 Å². The topological polar surface area (TPSA) is 48.3 Å². The highest BCUT2D eigenvalue weighted by molar-refractivity contribution is 5.05. The van der Waals surface area contributed by atoms with Gasteiger partial charge in [-0.1, -0.05) is 6.92 Å². The first-order valence-electron chi connectivity index (χ1n) is 7.44. The van der Waals surface area contributed by atoms with Gasteiger partial charge in [0.25, 0.3) is 0 Å². The second-order valence-electron chi connectivity index (χ2n) is 6.03. The van der Waals surface area contributed by atoms with Crippen molar-refractivity contribution in [1.82, 2.24) is 10.2 Å². The van der Waals surface area contributed by atoms with Crippen LogP contribution in [0.4, 0.5) is 0 Å². The molecule has 1 aliphatic heterocycles. The number of nitriles is 1. The van der Waals surface area contributed by atoms with E-state index in [1.54, 1.807) is 7.11 Å². The van der Waals surface area contributed by atoms with Crippen LogP contribution in [0.1, 0.15) is 40.0 Å². The fraction of sp³-hybridized carbons (Fsp3) is 0.933. The molecule has 1 fully saturated rings. The van der Waals surface area contributed by atoms with Gasteiger partial charge in [0.05, 0.1) is 12.7 Å². The molecule has 4 heteroatoms. The highest BCUT2D eigenvalue weighted by atomic mass is 16.5. The summed E-state index contributed by atoms with van der Waals surface area (Å²) < 4.78 is 5.24. The summed E-state index contributed by atoms with van der Waals surface area (Å²) in [5.74, 6) is 0.657. The van der Waals surface area contributed by atoms with Crippen LogP contribution < -0.4 is 5.32 Å². The molecular formula is C15H29N3O. The van der Waals surface area contributed by atoms with Crippen LogP contribution in [-0.2, 0) is 4.74 Å². The molecule has 1 saturated heterocycles. The summed E-state index contributed by atoms with van der Waals surface area (Å²) in [4.78, 5) is 2.49. The van der Waals surface area contributed by atoms with Crippen molar-refractivity contribution in [3.63, 3.8) is 0 Å². The van der Waals surface area contributed by atoms with Crippen molar-refractivity contribution in [3.8, 4) is 6.07 Å². The molecule has 3 unspecified atom stereocenters. The van der Waals surface area contributed by atoms with Gasteiger partial charge in [0.2, 0.25) is 0 Å². The Morgan fingerprint density at radius 1 is 1.58 bits per heavy atom. The predicted molar refractivity (Wildman–Crippen MR) is 77.9 cm³/mol. The molecule has 19 heavy (non-hydrogen) atoms. The Morgan fingerprint density at radius 2 is 2.32 bits per heavy atom. The fourth-order valence-electron chi connectivity index (χ4n) is 2.91. The first-order valence-corrected chi connectivity index (χ1v) is 7.44. The standard InChI is InChI=1S/C15H29N3O/c1-5-7-17-15(3,12-16)9-13(2)18-8-6-14(10-18)11-19-4/h13-14,17H,5-11H2,1-4H3. The van der Waals surface area contributed by atoms with Crippen molar-refractivity contribution < 1.29 is 4.74 Å². The Hall–Kier alpha value is -0.630. The third kappa shape index (κ3) is 5.10. The van der Waals surface area contributed by atoms with Gasteiger partial charge in [-0.05, 0) is 52.1 Å². The molecule has 3 atom stereocenters. The highest BCUT2D eigenvalue weighted by Crippen LogP contribution is 2.23. The van der Waals surface area contributed by atoms with Gasteiger partial charge in [-0.2, -0.15) is 5.26 Å². The molecule has 1 aliphatic rings. The van der Waals surface area contributed by atoms with Gasteiger partial charge in [-0.25, -0.2) is 0 Å². The molecule has 0 amide bonds. The van der Waals surface area contributed by atoms with Crippen molar-refractivity contribution in [2.45, 2.75) is 51.6 Å². The number of rotatable bonds is 8. The van der Waals surface area contributed by atoms with Gasteiger partial charge in [0.15, 0.2) is 0 Å². The normalized spacial score (nSPS) is 24.9. The van der Waals surface area contributed by atoms with E-state index >= 15 is 0 Å². The molecule has 1 heterocycles. The zero-order valence-corrected chi connectivity index (χ0v) is 12.9. The Morgan fingerprint density at radius 3 is 2.89 bits per heavy atom. The van der Waals surface area contributed by atoms with Gasteiger partial charge in [0, 0.05) is 19.7 Å². The Balaban J connectivity index is 2.45. The summed E-state index contributed by atoms with van der Waals surface area (Å²) in [5, 5.41) is 12.8. The van der Waals surface area contributed by atoms with Crippen LogP contribution in [0.5, 0.6) is 0 Å². The van der Waals surface area contributed by atoms with E-state index in [0.717, 1.165) is 39.1 Å². The minimum atomic E-state index is -0.408. The molecule has 110 valence electrons. The van der Waals surface area contributed by atoms with Gasteiger partial charge in [-0.15, -0.1) is 0 Å². The van der Waals surface area contributed by atoms with E-state index in [1.165, 1.54) is 6.42 Å². The van der Waals surface area contributed by atoms with E-state index in [4.69, 9.17) is 4.74 Å². The van der Waals surface area contributed by atoms with Gasteiger partial charge in [0.1, 0.15) is 5.54 Å². The molecule has 0 radical (unpaired) electrons. The van der Waals surface area contributed by atoms with Crippen LogP contribution in [0.2, 0.25) is 0 Å². The maximum absolute atomic E-state index is 9.39. The minimum Gasteiger partial charge on any atom is -0.384 e. The molecular weight excluding hydrogens is 238 g/mol. The lowest BCUT2D eigenvalue weighted by molar-refractivity contribution is 0.144. The van der Waals surface area contributed by atoms with Gasteiger partial charge in [-0.3, -0.25) is 5.32 Å². The number of ether oxygens (including phenoxy) is 1. The average molecular weight is 267 g/mol. The lowest BCUT2D eigenvalue weighted by atomic mass is 9.94. The monoisotopic (exact) mass is 267 g/mol. The molecule has 0 bridgehead atoms. The zero-order valence-electron chi connectivity index (χ0n) is 12.9. The molecule has 1 N–H and O–H groups in total. The predicted octanol–water partition coefficient (Wildman–Crippen LogP) is 2.02. The Kier molecular flexibility index (Phi) is 6.78. The van der Waals surface area contributed by atoms with Crippen LogP contribution in [0, 0.1) is 17.2 Å². The third-order valence-electron chi connectivity index (χ3n) is 4.06. The van der Waals surface area contributed by atoms with Crippen molar-refractivity contribution in [1.29, 1.82) is 5.26 Å². The maximum atomic E-state index is 9.39. The zero-order chi connectivity index (χ0) is 14.3. The number of methoxy groups -OCH3 is 1. The summed E-state index contributed by atoms with van der Waals surface area (Å²) in [6, 6.07) is 2.88. The number of hydrogen-bond acceptors (Lipinski definition) is 4. The van der Waals surface area contributed by atoms with E-state index in [1.807, 2.05) is 6.92 Å². The summed E-state index contributed by atoms with van der Waals surface area (Å²) in [6.45, 7) is 10.4. The van der Waals surface area contributed by atoms with E-state index in [9.17, 15) is 5.26 Å². The highest BCUT2D eigenvalue weighted by Gasteiger charge is 2.31. The average Bonchev–Trinajstić information content (AvgIpc) is 2.85. The molecule has 0 aromatic rings. The summed E-state index contributed by atoms with van der Waals surface area (Å²) in [7, 11) is 1.77. The van der Waals surface area contributed by atoms with Gasteiger partial charge < -0.3 is 9.64 Å². The van der Waals surface area contributed by atoms with Gasteiger partial charge >= 0.3 is 0 Å². The van der Waals surface area contributed by atoms with Crippen molar-refractivity contribution in [2.24, 2.45) is 5.92 Å². The Bertz CT molecular complexity index is 302. The second kappa shape index (κ2) is 7.84. The lowest BCUT2D eigenvalue weighted by Gasteiger charge is -2.31. The SMILES string of the molecule is CCCNC(C)(C#N)CC(C)N1CCC(COC)C1. The summed E-state index contributed by atoms with van der Waals surface area (Å²) >= 11 is 0. The van der Waals surface area contributed by atoms with Crippen molar-refractivity contribution >= 4 is 0 Å².